The Hall–Kier alpha value is -3.46. The van der Waals surface area contributed by atoms with Gasteiger partial charge in [-0.15, -0.1) is 0 Å². The van der Waals surface area contributed by atoms with Gasteiger partial charge in [0.05, 0.1) is 27.8 Å². The van der Waals surface area contributed by atoms with Gasteiger partial charge in [0.2, 0.25) is 16.4 Å². The third kappa shape index (κ3) is 4.52. The summed E-state index contributed by atoms with van der Waals surface area (Å²) in [7, 11) is -3.57. The number of guanidine groups is 1. The molecule has 1 heterocycles. The lowest BCUT2D eigenvalue weighted by atomic mass is 10.1. The molecule has 0 bridgehead atoms. The predicted octanol–water partition coefficient (Wildman–Crippen LogP) is 2.74. The molecule has 0 saturated heterocycles. The van der Waals surface area contributed by atoms with Crippen molar-refractivity contribution in [2.75, 3.05) is 4.72 Å². The van der Waals surface area contributed by atoms with E-state index in [4.69, 9.17) is 5.73 Å². The second kappa shape index (κ2) is 8.27. The van der Waals surface area contributed by atoms with Crippen molar-refractivity contribution in [2.24, 2.45) is 10.7 Å². The standard InChI is InChI=1S/C20H21N5O3S/c1-13(2)29(27,28)25-16-10-6-9-15-18(24-20(21)22-12-26)11-17(23-19(15)16)14-7-4-3-5-8-14/h3-13,25H,1-2H3,(H3,21,22,23,24,26). The van der Waals surface area contributed by atoms with Crippen LogP contribution in [0.4, 0.5) is 11.4 Å². The normalized spacial score (nSPS) is 12.2. The summed E-state index contributed by atoms with van der Waals surface area (Å²) < 4.78 is 27.4. The first-order valence-corrected chi connectivity index (χ1v) is 10.4. The van der Waals surface area contributed by atoms with Crippen LogP contribution in [-0.4, -0.2) is 31.0 Å². The number of hydrogen-bond acceptors (Lipinski definition) is 5. The first-order valence-electron chi connectivity index (χ1n) is 8.87. The summed E-state index contributed by atoms with van der Waals surface area (Å²) >= 11 is 0. The quantitative estimate of drug-likeness (QED) is 0.327. The summed E-state index contributed by atoms with van der Waals surface area (Å²) in [6.45, 7) is 3.19. The molecule has 0 saturated carbocycles. The van der Waals surface area contributed by atoms with Crippen LogP contribution in [0.3, 0.4) is 0 Å². The van der Waals surface area contributed by atoms with Gasteiger partial charge in [-0.05, 0) is 26.0 Å². The molecule has 1 aromatic heterocycles. The van der Waals surface area contributed by atoms with E-state index in [2.05, 4.69) is 20.0 Å². The average molecular weight is 411 g/mol. The molecule has 0 aliphatic heterocycles. The summed E-state index contributed by atoms with van der Waals surface area (Å²) in [5.74, 6) is -0.0836. The molecule has 0 aliphatic carbocycles. The van der Waals surface area contributed by atoms with Crippen molar-refractivity contribution in [2.45, 2.75) is 19.1 Å². The van der Waals surface area contributed by atoms with Crippen LogP contribution in [0, 0.1) is 0 Å². The molecule has 4 N–H and O–H groups in total. The lowest BCUT2D eigenvalue weighted by molar-refractivity contribution is -0.108. The fourth-order valence-corrected chi connectivity index (χ4v) is 3.36. The van der Waals surface area contributed by atoms with Gasteiger partial charge in [0, 0.05) is 10.9 Å². The van der Waals surface area contributed by atoms with E-state index in [-0.39, 0.29) is 5.96 Å². The number of rotatable bonds is 6. The molecule has 3 aromatic rings. The lowest BCUT2D eigenvalue weighted by Gasteiger charge is -2.14. The SMILES string of the molecule is CC(C)S(=O)(=O)Nc1cccc2c(N=C(N)NC=O)cc(-c3ccccc3)nc12. The second-order valence-electron chi connectivity index (χ2n) is 6.55. The molecule has 8 nitrogen and oxygen atoms in total. The Kier molecular flexibility index (Phi) is 5.79. The van der Waals surface area contributed by atoms with Gasteiger partial charge in [0.25, 0.3) is 0 Å². The van der Waals surface area contributed by atoms with Crippen molar-refractivity contribution in [1.29, 1.82) is 0 Å². The van der Waals surface area contributed by atoms with Crippen LogP contribution in [0.5, 0.6) is 0 Å². The van der Waals surface area contributed by atoms with Crippen LogP contribution in [0.15, 0.2) is 59.6 Å². The van der Waals surface area contributed by atoms with Crippen LogP contribution < -0.4 is 15.8 Å². The van der Waals surface area contributed by atoms with E-state index in [9.17, 15) is 13.2 Å². The summed E-state index contributed by atoms with van der Waals surface area (Å²) in [6, 6.07) is 16.2. The maximum absolute atomic E-state index is 12.4. The zero-order valence-corrected chi connectivity index (χ0v) is 16.8. The first-order chi connectivity index (χ1) is 13.8. The van der Waals surface area contributed by atoms with Crippen molar-refractivity contribution in [3.8, 4) is 11.3 Å². The molecule has 29 heavy (non-hydrogen) atoms. The fraction of sp³-hybridized carbons (Fsp3) is 0.150. The largest absolute Gasteiger partial charge is 0.369 e. The van der Waals surface area contributed by atoms with Crippen molar-refractivity contribution >= 4 is 44.7 Å². The number of nitrogens with one attached hydrogen (secondary N) is 2. The summed E-state index contributed by atoms with van der Waals surface area (Å²) in [5, 5.41) is 2.28. The van der Waals surface area contributed by atoms with Crippen LogP contribution in [0.25, 0.3) is 22.2 Å². The number of carbonyl (C=O) groups excluding carboxylic acids is 1. The number of pyridine rings is 1. The Morgan fingerprint density at radius 1 is 1.14 bits per heavy atom. The predicted molar refractivity (Wildman–Crippen MR) is 115 cm³/mol. The third-order valence-electron chi connectivity index (χ3n) is 4.21. The fourth-order valence-electron chi connectivity index (χ4n) is 2.66. The van der Waals surface area contributed by atoms with Gasteiger partial charge < -0.3 is 5.73 Å². The van der Waals surface area contributed by atoms with Gasteiger partial charge in [-0.3, -0.25) is 14.8 Å². The van der Waals surface area contributed by atoms with E-state index in [1.807, 2.05) is 30.3 Å². The van der Waals surface area contributed by atoms with Crippen molar-refractivity contribution in [1.82, 2.24) is 10.3 Å². The van der Waals surface area contributed by atoms with Gasteiger partial charge >= 0.3 is 0 Å². The monoisotopic (exact) mass is 411 g/mol. The van der Waals surface area contributed by atoms with Crippen LogP contribution in [0.1, 0.15) is 13.8 Å². The number of para-hydroxylation sites is 1. The molecule has 0 atom stereocenters. The second-order valence-corrected chi connectivity index (χ2v) is 8.79. The number of fused-ring (bicyclic) bond motifs is 1. The Bertz CT molecular complexity index is 1180. The minimum absolute atomic E-state index is 0.0836. The number of aliphatic imine (C=N–C) groups is 1. The van der Waals surface area contributed by atoms with E-state index in [1.54, 1.807) is 38.1 Å². The number of sulfonamides is 1. The maximum atomic E-state index is 12.4. The van der Waals surface area contributed by atoms with Crippen LogP contribution in [-0.2, 0) is 14.8 Å². The van der Waals surface area contributed by atoms with E-state index in [1.165, 1.54) is 0 Å². The van der Waals surface area contributed by atoms with Crippen molar-refractivity contribution < 1.29 is 13.2 Å². The molecular weight excluding hydrogens is 390 g/mol. The maximum Gasteiger partial charge on any atom is 0.235 e. The Morgan fingerprint density at radius 2 is 1.86 bits per heavy atom. The van der Waals surface area contributed by atoms with Crippen LogP contribution >= 0.6 is 0 Å². The zero-order valence-electron chi connectivity index (χ0n) is 16.0. The Morgan fingerprint density at radius 3 is 2.52 bits per heavy atom. The lowest BCUT2D eigenvalue weighted by Crippen LogP contribution is -2.29. The average Bonchev–Trinajstić information content (AvgIpc) is 2.69. The minimum atomic E-state index is -3.57. The summed E-state index contributed by atoms with van der Waals surface area (Å²) in [6.07, 6.45) is 0.433. The highest BCUT2D eigenvalue weighted by molar-refractivity contribution is 7.93. The molecule has 3 rings (SSSR count). The smallest absolute Gasteiger partial charge is 0.235 e. The highest BCUT2D eigenvalue weighted by Crippen LogP contribution is 2.34. The topological polar surface area (TPSA) is 127 Å². The third-order valence-corrected chi connectivity index (χ3v) is 5.95. The zero-order chi connectivity index (χ0) is 21.0. The highest BCUT2D eigenvalue weighted by Gasteiger charge is 2.18. The number of anilines is 1. The molecule has 1 amide bonds. The number of carbonyl (C=O) groups is 1. The molecule has 0 aliphatic rings. The number of hydrogen-bond donors (Lipinski definition) is 3. The molecule has 2 aromatic carbocycles. The van der Waals surface area contributed by atoms with E-state index in [0.29, 0.717) is 34.4 Å². The molecule has 150 valence electrons. The number of nitrogens with zero attached hydrogens (tertiary/aromatic N) is 2. The number of nitrogens with two attached hydrogens (primary N) is 1. The van der Waals surface area contributed by atoms with Gasteiger partial charge in [-0.25, -0.2) is 18.4 Å². The van der Waals surface area contributed by atoms with E-state index >= 15 is 0 Å². The van der Waals surface area contributed by atoms with Crippen molar-refractivity contribution in [3.05, 3.63) is 54.6 Å². The van der Waals surface area contributed by atoms with Gasteiger partial charge in [0.15, 0.2) is 5.96 Å². The van der Waals surface area contributed by atoms with E-state index in [0.717, 1.165) is 5.56 Å². The molecular formula is C20H21N5O3S. The summed E-state index contributed by atoms with van der Waals surface area (Å²) in [5.41, 5.74) is 8.39. The first kappa shape index (κ1) is 20.3. The number of benzene rings is 2. The molecule has 9 heteroatoms. The summed E-state index contributed by atoms with van der Waals surface area (Å²) in [4.78, 5) is 19.6. The van der Waals surface area contributed by atoms with E-state index < -0.39 is 15.3 Å². The molecule has 0 radical (unpaired) electrons. The van der Waals surface area contributed by atoms with Crippen LogP contribution in [0.2, 0.25) is 0 Å². The minimum Gasteiger partial charge on any atom is -0.369 e. The molecule has 0 spiro atoms. The van der Waals surface area contributed by atoms with Gasteiger partial charge in [-0.2, -0.15) is 0 Å². The number of aromatic nitrogens is 1. The van der Waals surface area contributed by atoms with Gasteiger partial charge in [-0.1, -0.05) is 42.5 Å². The Balaban J connectivity index is 2.28. The molecule has 0 fully saturated rings. The Labute approximate surface area is 168 Å². The van der Waals surface area contributed by atoms with Crippen molar-refractivity contribution in [3.63, 3.8) is 0 Å². The van der Waals surface area contributed by atoms with Gasteiger partial charge in [0.1, 0.15) is 0 Å². The number of amides is 1. The highest BCUT2D eigenvalue weighted by atomic mass is 32.2. The molecule has 0 unspecified atom stereocenters.